The topological polar surface area (TPSA) is 47.4 Å². The first-order chi connectivity index (χ1) is 6.41. The van der Waals surface area contributed by atoms with Crippen molar-refractivity contribution in [2.45, 2.75) is 32.7 Å². The van der Waals surface area contributed by atoms with Crippen LogP contribution in [0.3, 0.4) is 0 Å². The van der Waals surface area contributed by atoms with E-state index < -0.39 is 5.54 Å². The van der Waals surface area contributed by atoms with Crippen molar-refractivity contribution in [3.8, 4) is 0 Å². The van der Waals surface area contributed by atoms with Crippen LogP contribution >= 0.6 is 0 Å². The average molecular weight is 197 g/mol. The standard InChI is InChI=1S/C10H19N3O/c1-5-8(11)13-7-6-12(4)9(14)10(13,2)3/h11H,5-7H2,1-4H3. The number of nitrogens with zero attached hydrogens (tertiary/aromatic N) is 2. The fraction of sp³-hybridized carbons (Fsp3) is 0.800. The molecule has 1 heterocycles. The minimum absolute atomic E-state index is 0.0990. The molecule has 1 aliphatic heterocycles. The number of nitrogens with one attached hydrogen (secondary N) is 1. The maximum Gasteiger partial charge on any atom is 0.247 e. The number of amidine groups is 1. The molecule has 4 heteroatoms. The van der Waals surface area contributed by atoms with E-state index in [-0.39, 0.29) is 5.91 Å². The molecule has 0 saturated carbocycles. The Morgan fingerprint density at radius 2 is 2.07 bits per heavy atom. The Labute approximate surface area is 85.4 Å². The Bertz CT molecular complexity index is 260. The second-order valence-corrected chi connectivity index (χ2v) is 4.24. The third-order valence-corrected chi connectivity index (χ3v) is 2.86. The maximum atomic E-state index is 11.9. The molecule has 80 valence electrons. The van der Waals surface area contributed by atoms with Crippen molar-refractivity contribution in [2.24, 2.45) is 0 Å². The molecule has 14 heavy (non-hydrogen) atoms. The van der Waals surface area contributed by atoms with Gasteiger partial charge in [-0.05, 0) is 13.8 Å². The molecule has 1 fully saturated rings. The molecule has 4 nitrogen and oxygen atoms in total. The third kappa shape index (κ3) is 1.61. The van der Waals surface area contributed by atoms with Crippen LogP contribution in [-0.4, -0.2) is 47.2 Å². The Hall–Kier alpha value is -1.06. The first kappa shape index (κ1) is 11.0. The fourth-order valence-corrected chi connectivity index (χ4v) is 1.88. The number of carbonyl (C=O) groups excluding carboxylic acids is 1. The van der Waals surface area contributed by atoms with Gasteiger partial charge in [0.25, 0.3) is 0 Å². The number of carbonyl (C=O) groups is 1. The SMILES string of the molecule is CCC(=N)N1CCN(C)C(=O)C1(C)C. The Morgan fingerprint density at radius 1 is 1.50 bits per heavy atom. The highest BCUT2D eigenvalue weighted by Crippen LogP contribution is 2.22. The predicted molar refractivity (Wildman–Crippen MR) is 56.4 cm³/mol. The second-order valence-electron chi connectivity index (χ2n) is 4.24. The number of likely N-dealkylation sites (N-methyl/N-ethyl adjacent to an activating group) is 1. The highest BCUT2D eigenvalue weighted by atomic mass is 16.2. The highest BCUT2D eigenvalue weighted by Gasteiger charge is 2.41. The zero-order chi connectivity index (χ0) is 10.9. The normalized spacial score (nSPS) is 21.3. The van der Waals surface area contributed by atoms with Crippen LogP contribution < -0.4 is 0 Å². The summed E-state index contributed by atoms with van der Waals surface area (Å²) >= 11 is 0. The van der Waals surface area contributed by atoms with Crippen molar-refractivity contribution >= 4 is 11.7 Å². The monoisotopic (exact) mass is 197 g/mol. The van der Waals surface area contributed by atoms with Crippen LogP contribution in [0, 0.1) is 5.41 Å². The van der Waals surface area contributed by atoms with Gasteiger partial charge in [0.15, 0.2) is 0 Å². The Kier molecular flexibility index (Phi) is 2.83. The average Bonchev–Trinajstić information content (AvgIpc) is 2.13. The number of amides is 1. The van der Waals surface area contributed by atoms with Crippen molar-refractivity contribution in [3.63, 3.8) is 0 Å². The first-order valence-electron chi connectivity index (χ1n) is 5.02. The predicted octanol–water partition coefficient (Wildman–Crippen LogP) is 0.926. The lowest BCUT2D eigenvalue weighted by molar-refractivity contribution is -0.143. The van der Waals surface area contributed by atoms with Gasteiger partial charge in [0.1, 0.15) is 5.54 Å². The smallest absolute Gasteiger partial charge is 0.247 e. The highest BCUT2D eigenvalue weighted by molar-refractivity contribution is 5.92. The molecule has 1 amide bonds. The van der Waals surface area contributed by atoms with Crippen molar-refractivity contribution in [1.29, 1.82) is 5.41 Å². The molecule has 0 spiro atoms. The molecular weight excluding hydrogens is 178 g/mol. The van der Waals surface area contributed by atoms with Crippen molar-refractivity contribution in [3.05, 3.63) is 0 Å². The van der Waals surface area contributed by atoms with E-state index in [2.05, 4.69) is 0 Å². The van der Waals surface area contributed by atoms with Crippen LogP contribution in [0.15, 0.2) is 0 Å². The van der Waals surface area contributed by atoms with Gasteiger partial charge in [-0.3, -0.25) is 10.2 Å². The van der Waals surface area contributed by atoms with E-state index in [0.29, 0.717) is 18.8 Å². The van der Waals surface area contributed by atoms with Crippen molar-refractivity contribution < 1.29 is 4.79 Å². The number of rotatable bonds is 1. The molecular formula is C10H19N3O. The van der Waals surface area contributed by atoms with Crippen molar-refractivity contribution in [1.82, 2.24) is 9.80 Å². The zero-order valence-electron chi connectivity index (χ0n) is 9.42. The van der Waals surface area contributed by atoms with Gasteiger partial charge in [-0.25, -0.2) is 0 Å². The molecule has 0 aromatic rings. The summed E-state index contributed by atoms with van der Waals surface area (Å²) in [5.74, 6) is 0.651. The van der Waals surface area contributed by atoms with E-state index in [1.165, 1.54) is 0 Å². The Balaban J connectivity index is 2.89. The van der Waals surface area contributed by atoms with Gasteiger partial charge in [0.2, 0.25) is 5.91 Å². The minimum atomic E-state index is -0.555. The van der Waals surface area contributed by atoms with Gasteiger partial charge in [0, 0.05) is 26.6 Å². The van der Waals surface area contributed by atoms with Gasteiger partial charge in [-0.1, -0.05) is 6.92 Å². The Morgan fingerprint density at radius 3 is 2.57 bits per heavy atom. The fourth-order valence-electron chi connectivity index (χ4n) is 1.88. The van der Waals surface area contributed by atoms with Crippen LogP contribution in [0.5, 0.6) is 0 Å². The van der Waals surface area contributed by atoms with E-state index >= 15 is 0 Å². The summed E-state index contributed by atoms with van der Waals surface area (Å²) < 4.78 is 0. The molecule has 0 unspecified atom stereocenters. The zero-order valence-corrected chi connectivity index (χ0v) is 9.42. The maximum absolute atomic E-state index is 11.9. The van der Waals surface area contributed by atoms with E-state index in [9.17, 15) is 4.79 Å². The molecule has 0 aromatic carbocycles. The molecule has 1 N–H and O–H groups in total. The van der Waals surface area contributed by atoms with E-state index in [1.807, 2.05) is 32.7 Å². The second kappa shape index (κ2) is 3.59. The summed E-state index contributed by atoms with van der Waals surface area (Å²) in [4.78, 5) is 15.5. The quantitative estimate of drug-likeness (QED) is 0.502. The number of piperazine rings is 1. The molecule has 0 radical (unpaired) electrons. The lowest BCUT2D eigenvalue weighted by atomic mass is 9.97. The number of hydrogen-bond acceptors (Lipinski definition) is 2. The van der Waals surface area contributed by atoms with Gasteiger partial charge >= 0.3 is 0 Å². The van der Waals surface area contributed by atoms with E-state index in [1.54, 1.807) is 4.90 Å². The van der Waals surface area contributed by atoms with Gasteiger partial charge in [-0.15, -0.1) is 0 Å². The van der Waals surface area contributed by atoms with Gasteiger partial charge < -0.3 is 9.80 Å². The van der Waals surface area contributed by atoms with Gasteiger partial charge in [-0.2, -0.15) is 0 Å². The van der Waals surface area contributed by atoms with Gasteiger partial charge in [0.05, 0.1) is 5.84 Å². The molecule has 1 saturated heterocycles. The third-order valence-electron chi connectivity index (χ3n) is 2.86. The van der Waals surface area contributed by atoms with Crippen LogP contribution in [0.2, 0.25) is 0 Å². The lowest BCUT2D eigenvalue weighted by Crippen LogP contribution is -2.63. The van der Waals surface area contributed by atoms with E-state index in [4.69, 9.17) is 5.41 Å². The van der Waals surface area contributed by atoms with Crippen LogP contribution in [0.1, 0.15) is 27.2 Å². The van der Waals surface area contributed by atoms with Crippen LogP contribution in [0.4, 0.5) is 0 Å². The summed E-state index contributed by atoms with van der Waals surface area (Å²) in [5.41, 5.74) is -0.555. The minimum Gasteiger partial charge on any atom is -0.345 e. The molecule has 0 aliphatic carbocycles. The lowest BCUT2D eigenvalue weighted by Gasteiger charge is -2.46. The van der Waals surface area contributed by atoms with Crippen LogP contribution in [-0.2, 0) is 4.79 Å². The summed E-state index contributed by atoms with van der Waals surface area (Å²) in [7, 11) is 1.82. The summed E-state index contributed by atoms with van der Waals surface area (Å²) in [6.07, 6.45) is 0.681. The van der Waals surface area contributed by atoms with Crippen LogP contribution in [0.25, 0.3) is 0 Å². The first-order valence-corrected chi connectivity index (χ1v) is 5.02. The number of hydrogen-bond donors (Lipinski definition) is 1. The summed E-state index contributed by atoms with van der Waals surface area (Å²) in [6.45, 7) is 7.19. The largest absolute Gasteiger partial charge is 0.345 e. The molecule has 0 bridgehead atoms. The van der Waals surface area contributed by atoms with E-state index in [0.717, 1.165) is 6.54 Å². The molecule has 0 atom stereocenters. The summed E-state index contributed by atoms with van der Waals surface area (Å²) in [6, 6.07) is 0. The van der Waals surface area contributed by atoms with Crippen molar-refractivity contribution in [2.75, 3.05) is 20.1 Å². The molecule has 1 rings (SSSR count). The summed E-state index contributed by atoms with van der Waals surface area (Å²) in [5, 5.41) is 7.80. The molecule has 0 aromatic heterocycles. The molecule has 1 aliphatic rings.